The van der Waals surface area contributed by atoms with E-state index < -0.39 is 0 Å². The highest BCUT2D eigenvalue weighted by Crippen LogP contribution is 2.16. The van der Waals surface area contributed by atoms with Crippen LogP contribution in [0.5, 0.6) is 5.88 Å². The van der Waals surface area contributed by atoms with Crippen LogP contribution < -0.4 is 10.5 Å². The molecule has 0 spiro atoms. The largest absolute Gasteiger partial charge is 0.479 e. The maximum atomic E-state index is 11.2. The predicted molar refractivity (Wildman–Crippen MR) is 47.0 cm³/mol. The van der Waals surface area contributed by atoms with Crippen LogP contribution in [0, 0.1) is 0 Å². The Balaban J connectivity index is 3.15. The Morgan fingerprint density at radius 1 is 1.69 bits per heavy atom. The van der Waals surface area contributed by atoms with Gasteiger partial charge >= 0.3 is 0 Å². The molecule has 0 fully saturated rings. The predicted octanol–water partition coefficient (Wildman–Crippen LogP) is 0.280. The molecule has 5 nitrogen and oxygen atoms in total. The maximum Gasteiger partial charge on any atom is 0.244 e. The van der Waals surface area contributed by atoms with Crippen molar-refractivity contribution in [3.05, 3.63) is 16.8 Å². The zero-order chi connectivity index (χ0) is 9.84. The summed E-state index contributed by atoms with van der Waals surface area (Å²) in [7, 11) is 1.39. The molecule has 1 heterocycles. The number of aromatic nitrogens is 2. The van der Waals surface area contributed by atoms with Crippen molar-refractivity contribution in [1.82, 2.24) is 10.2 Å². The molecule has 0 radical (unpaired) electrons. The van der Waals surface area contributed by atoms with E-state index in [9.17, 15) is 4.79 Å². The van der Waals surface area contributed by atoms with E-state index in [4.69, 9.17) is 22.1 Å². The van der Waals surface area contributed by atoms with Gasteiger partial charge < -0.3 is 10.5 Å². The average molecular weight is 202 g/mol. The monoisotopic (exact) mass is 201 g/mol. The Bertz CT molecular complexity index is 330. The summed E-state index contributed by atoms with van der Waals surface area (Å²) in [6, 6.07) is 1.38. The average Bonchev–Trinajstić information content (AvgIpc) is 2.16. The highest BCUT2D eigenvalue weighted by atomic mass is 35.5. The zero-order valence-corrected chi connectivity index (χ0v) is 7.71. The molecule has 0 bridgehead atoms. The number of rotatable bonds is 3. The molecule has 13 heavy (non-hydrogen) atoms. The fraction of sp³-hybridized carbons (Fsp3) is 0.286. The van der Waals surface area contributed by atoms with E-state index >= 15 is 0 Å². The Labute approximate surface area is 79.9 Å². The minimum Gasteiger partial charge on any atom is -0.479 e. The molecule has 6 heteroatoms. The molecular weight excluding hydrogens is 194 g/mol. The molecular formula is C7H8ClN3O2. The van der Waals surface area contributed by atoms with Crippen molar-refractivity contribution >= 4 is 17.4 Å². The Kier molecular flexibility index (Phi) is 3.16. The van der Waals surface area contributed by atoms with Crippen molar-refractivity contribution in [3.8, 4) is 5.88 Å². The molecule has 0 saturated carbocycles. The van der Waals surface area contributed by atoms with Gasteiger partial charge in [0.25, 0.3) is 0 Å². The van der Waals surface area contributed by atoms with Crippen LogP contribution in [0.4, 0.5) is 0 Å². The summed E-state index contributed by atoms with van der Waals surface area (Å²) in [6.07, 6.45) is 0. The molecule has 0 aliphatic heterocycles. The third-order valence-corrected chi connectivity index (χ3v) is 1.59. The van der Waals surface area contributed by atoms with E-state index in [0.29, 0.717) is 0 Å². The minimum atomic E-state index is -0.284. The van der Waals surface area contributed by atoms with Gasteiger partial charge in [0.2, 0.25) is 5.88 Å². The Morgan fingerprint density at radius 3 is 2.92 bits per heavy atom. The first-order valence-electron chi connectivity index (χ1n) is 3.49. The first kappa shape index (κ1) is 9.88. The van der Waals surface area contributed by atoms with Crippen molar-refractivity contribution < 1.29 is 9.53 Å². The van der Waals surface area contributed by atoms with Crippen molar-refractivity contribution in [1.29, 1.82) is 0 Å². The van der Waals surface area contributed by atoms with Gasteiger partial charge in [-0.3, -0.25) is 4.79 Å². The van der Waals surface area contributed by atoms with Gasteiger partial charge in [0.1, 0.15) is 0 Å². The summed E-state index contributed by atoms with van der Waals surface area (Å²) in [5.74, 6) is -0.145. The molecule has 0 amide bonds. The molecule has 0 saturated heterocycles. The first-order chi connectivity index (χ1) is 6.19. The first-order valence-corrected chi connectivity index (χ1v) is 3.87. The van der Waals surface area contributed by atoms with Gasteiger partial charge in [-0.2, -0.15) is 0 Å². The highest BCUT2D eigenvalue weighted by molar-refractivity contribution is 6.29. The van der Waals surface area contributed by atoms with Crippen LogP contribution in [-0.2, 0) is 0 Å². The zero-order valence-electron chi connectivity index (χ0n) is 6.95. The minimum absolute atomic E-state index is 0.113. The maximum absolute atomic E-state index is 11.2. The smallest absolute Gasteiger partial charge is 0.244 e. The quantitative estimate of drug-likeness (QED) is 0.711. The third-order valence-electron chi connectivity index (χ3n) is 1.41. The Hall–Kier alpha value is -1.20. The number of halogens is 1. The van der Waals surface area contributed by atoms with Crippen LogP contribution in [0.3, 0.4) is 0 Å². The highest BCUT2D eigenvalue weighted by Gasteiger charge is 2.13. The molecule has 1 aromatic heterocycles. The van der Waals surface area contributed by atoms with Crippen molar-refractivity contribution in [2.24, 2.45) is 5.73 Å². The SMILES string of the molecule is COc1nnc(Cl)cc1C(=O)CN. The number of hydrogen-bond donors (Lipinski definition) is 1. The number of carbonyl (C=O) groups is 1. The third kappa shape index (κ3) is 2.13. The molecule has 0 atom stereocenters. The molecule has 70 valence electrons. The van der Waals surface area contributed by atoms with Gasteiger partial charge in [-0.1, -0.05) is 11.6 Å². The number of ketones is 1. The molecule has 1 rings (SSSR count). The molecule has 0 unspecified atom stereocenters. The second kappa shape index (κ2) is 4.15. The van der Waals surface area contributed by atoms with Crippen LogP contribution >= 0.6 is 11.6 Å². The standard InChI is InChI=1S/C7H8ClN3O2/c1-13-7-4(5(12)3-9)2-6(8)10-11-7/h2H,3,9H2,1H3. The fourth-order valence-electron chi connectivity index (χ4n) is 0.817. The number of hydrogen-bond acceptors (Lipinski definition) is 5. The van der Waals surface area contributed by atoms with Gasteiger partial charge in [-0.15, -0.1) is 10.2 Å². The van der Waals surface area contributed by atoms with Gasteiger partial charge in [-0.05, 0) is 6.07 Å². The number of methoxy groups -OCH3 is 1. The Morgan fingerprint density at radius 2 is 2.38 bits per heavy atom. The number of carbonyl (C=O) groups excluding carboxylic acids is 1. The van der Waals surface area contributed by atoms with E-state index in [2.05, 4.69) is 10.2 Å². The van der Waals surface area contributed by atoms with E-state index in [-0.39, 0.29) is 28.9 Å². The van der Waals surface area contributed by atoms with E-state index in [1.165, 1.54) is 13.2 Å². The summed E-state index contributed by atoms with van der Waals surface area (Å²) in [5, 5.41) is 7.25. The molecule has 2 N–H and O–H groups in total. The summed E-state index contributed by atoms with van der Waals surface area (Å²) in [6.45, 7) is -0.113. The number of ether oxygens (including phenoxy) is 1. The summed E-state index contributed by atoms with van der Waals surface area (Å²) in [5.41, 5.74) is 5.44. The van der Waals surface area contributed by atoms with Crippen LogP contribution in [0.25, 0.3) is 0 Å². The lowest BCUT2D eigenvalue weighted by Crippen LogP contribution is -2.15. The topological polar surface area (TPSA) is 78.1 Å². The fourth-order valence-corrected chi connectivity index (χ4v) is 0.964. The molecule has 1 aromatic rings. The molecule has 0 aliphatic carbocycles. The lowest BCUT2D eigenvalue weighted by molar-refractivity contribution is 0.0997. The number of nitrogens with zero attached hydrogens (tertiary/aromatic N) is 2. The molecule has 0 aliphatic rings. The number of nitrogens with two attached hydrogens (primary N) is 1. The normalized spacial score (nSPS) is 9.77. The molecule has 0 aromatic carbocycles. The van der Waals surface area contributed by atoms with E-state index in [1.54, 1.807) is 0 Å². The van der Waals surface area contributed by atoms with Crippen LogP contribution in [0.15, 0.2) is 6.07 Å². The van der Waals surface area contributed by atoms with Gasteiger partial charge in [0.15, 0.2) is 10.9 Å². The van der Waals surface area contributed by atoms with Crippen LogP contribution in [0.2, 0.25) is 5.15 Å². The van der Waals surface area contributed by atoms with Crippen LogP contribution in [-0.4, -0.2) is 29.6 Å². The van der Waals surface area contributed by atoms with Gasteiger partial charge in [-0.25, -0.2) is 0 Å². The van der Waals surface area contributed by atoms with E-state index in [0.717, 1.165) is 0 Å². The van der Waals surface area contributed by atoms with Gasteiger partial charge in [0, 0.05) is 0 Å². The summed E-state index contributed by atoms with van der Waals surface area (Å²) in [4.78, 5) is 11.2. The summed E-state index contributed by atoms with van der Waals surface area (Å²) >= 11 is 5.55. The lowest BCUT2D eigenvalue weighted by Gasteiger charge is -2.03. The van der Waals surface area contributed by atoms with Crippen molar-refractivity contribution in [2.45, 2.75) is 0 Å². The van der Waals surface area contributed by atoms with E-state index in [1.807, 2.05) is 0 Å². The van der Waals surface area contributed by atoms with Crippen molar-refractivity contribution in [3.63, 3.8) is 0 Å². The second-order valence-corrected chi connectivity index (χ2v) is 2.60. The summed E-state index contributed by atoms with van der Waals surface area (Å²) < 4.78 is 4.81. The number of Topliss-reactive ketones (excluding diaryl/α,β-unsaturated/α-hetero) is 1. The van der Waals surface area contributed by atoms with Crippen molar-refractivity contribution in [2.75, 3.05) is 13.7 Å². The lowest BCUT2D eigenvalue weighted by atomic mass is 10.2. The van der Waals surface area contributed by atoms with Crippen LogP contribution in [0.1, 0.15) is 10.4 Å². The van der Waals surface area contributed by atoms with Gasteiger partial charge in [0.05, 0.1) is 19.2 Å². The second-order valence-electron chi connectivity index (χ2n) is 2.22.